The third-order valence-electron chi connectivity index (χ3n) is 5.92. The van der Waals surface area contributed by atoms with Gasteiger partial charge in [0, 0.05) is 15.9 Å². The molecule has 0 fully saturated rings. The second-order valence-electron chi connectivity index (χ2n) is 9.96. The molecule has 2 atom stereocenters. The highest BCUT2D eigenvalue weighted by molar-refractivity contribution is 7.83. The van der Waals surface area contributed by atoms with E-state index in [0.29, 0.717) is 0 Å². The van der Waals surface area contributed by atoms with E-state index < -0.39 is 24.9 Å². The standard InChI is InChI=1S/C29H32NO3P/c1-20(2)26(30-28(31)33-29(3,4)5)27-25(21-14-8-6-9-15-21)23-18-12-13-19-24(23)34(27,32)22-16-10-7-11-17-22/h6-20,26H,1-5H3,(H,30,31)/t26-,34?/m0/s1. The van der Waals surface area contributed by atoms with E-state index in [0.717, 1.165) is 32.6 Å². The summed E-state index contributed by atoms with van der Waals surface area (Å²) in [5, 5.41) is 5.42. The summed E-state index contributed by atoms with van der Waals surface area (Å²) >= 11 is 0. The number of alkyl carbamates (subject to hydrolysis) is 1. The average molecular weight is 474 g/mol. The van der Waals surface area contributed by atoms with Gasteiger partial charge in [-0.05, 0) is 43.4 Å². The van der Waals surface area contributed by atoms with Gasteiger partial charge in [0.15, 0.2) is 7.14 Å². The number of amides is 1. The van der Waals surface area contributed by atoms with Gasteiger partial charge in [-0.1, -0.05) is 98.8 Å². The summed E-state index contributed by atoms with van der Waals surface area (Å²) in [7, 11) is -3.25. The van der Waals surface area contributed by atoms with Crippen molar-refractivity contribution >= 4 is 29.4 Å². The number of rotatable bonds is 5. The zero-order chi connectivity index (χ0) is 24.5. The predicted molar refractivity (Wildman–Crippen MR) is 140 cm³/mol. The second kappa shape index (κ2) is 9.27. The minimum absolute atomic E-state index is 0.0208. The summed E-state index contributed by atoms with van der Waals surface area (Å²) in [6.07, 6.45) is -0.512. The van der Waals surface area contributed by atoms with Gasteiger partial charge in [-0.25, -0.2) is 4.79 Å². The molecule has 0 bridgehead atoms. The van der Waals surface area contributed by atoms with Gasteiger partial charge in [0.05, 0.1) is 6.04 Å². The Morgan fingerprint density at radius 3 is 2.00 bits per heavy atom. The zero-order valence-corrected chi connectivity index (χ0v) is 21.3. The molecule has 4 rings (SSSR count). The SMILES string of the molecule is CC(C)[C@H](NC(=O)OC(C)(C)C)C1=C(c2ccccc2)c2ccccc2P1(=O)c1ccccc1. The molecule has 1 amide bonds. The first kappa shape index (κ1) is 24.0. The van der Waals surface area contributed by atoms with Crippen LogP contribution in [0.1, 0.15) is 45.7 Å². The van der Waals surface area contributed by atoms with Crippen molar-refractivity contribution in [2.75, 3.05) is 0 Å². The molecular formula is C29H32NO3P. The van der Waals surface area contributed by atoms with Gasteiger partial charge in [-0.15, -0.1) is 0 Å². The maximum Gasteiger partial charge on any atom is 0.408 e. The van der Waals surface area contributed by atoms with Crippen LogP contribution >= 0.6 is 7.14 Å². The lowest BCUT2D eigenvalue weighted by molar-refractivity contribution is 0.0503. The molecule has 4 nitrogen and oxygen atoms in total. The monoisotopic (exact) mass is 473 g/mol. The third-order valence-corrected chi connectivity index (χ3v) is 9.20. The van der Waals surface area contributed by atoms with Crippen molar-refractivity contribution in [1.29, 1.82) is 0 Å². The Balaban J connectivity index is 2.01. The molecule has 5 heteroatoms. The molecule has 0 radical (unpaired) electrons. The predicted octanol–water partition coefficient (Wildman–Crippen LogP) is 6.32. The molecule has 0 saturated heterocycles. The second-order valence-corrected chi connectivity index (χ2v) is 12.7. The first-order valence-corrected chi connectivity index (χ1v) is 13.4. The molecule has 1 N–H and O–H groups in total. The first-order chi connectivity index (χ1) is 16.1. The maximum absolute atomic E-state index is 15.3. The Hall–Kier alpha value is -3.10. The van der Waals surface area contributed by atoms with E-state index in [1.54, 1.807) is 0 Å². The van der Waals surface area contributed by atoms with Gasteiger partial charge in [0.25, 0.3) is 0 Å². The molecule has 3 aromatic rings. The molecule has 0 spiro atoms. The van der Waals surface area contributed by atoms with E-state index in [-0.39, 0.29) is 5.92 Å². The summed E-state index contributed by atoms with van der Waals surface area (Å²) in [5.74, 6) is -0.0208. The molecule has 1 unspecified atom stereocenters. The number of ether oxygens (including phenoxy) is 1. The van der Waals surface area contributed by atoms with Crippen molar-refractivity contribution < 1.29 is 14.1 Å². The van der Waals surface area contributed by atoms with Gasteiger partial charge in [-0.3, -0.25) is 0 Å². The van der Waals surface area contributed by atoms with E-state index in [1.807, 2.05) is 120 Å². The summed E-state index contributed by atoms with van der Waals surface area (Å²) in [4.78, 5) is 12.9. The van der Waals surface area contributed by atoms with Crippen molar-refractivity contribution in [1.82, 2.24) is 5.32 Å². The molecule has 176 valence electrons. The van der Waals surface area contributed by atoms with Crippen LogP contribution in [0.5, 0.6) is 0 Å². The maximum atomic E-state index is 15.3. The van der Waals surface area contributed by atoms with E-state index in [1.165, 1.54) is 0 Å². The van der Waals surface area contributed by atoms with Crippen LogP contribution in [0.2, 0.25) is 0 Å². The number of fused-ring (bicyclic) bond motifs is 1. The third kappa shape index (κ3) is 4.48. The first-order valence-electron chi connectivity index (χ1n) is 11.7. The number of hydrogen-bond donors (Lipinski definition) is 1. The molecule has 0 aliphatic carbocycles. The average Bonchev–Trinajstić information content (AvgIpc) is 3.07. The molecule has 0 saturated carbocycles. The van der Waals surface area contributed by atoms with Crippen molar-refractivity contribution in [2.24, 2.45) is 5.92 Å². The molecule has 3 aromatic carbocycles. The van der Waals surface area contributed by atoms with Crippen LogP contribution in [-0.4, -0.2) is 17.7 Å². The Labute approximate surface area is 202 Å². The fraction of sp³-hybridized carbons (Fsp3) is 0.276. The number of benzene rings is 3. The van der Waals surface area contributed by atoms with Gasteiger partial charge in [0.1, 0.15) is 5.60 Å². The van der Waals surface area contributed by atoms with Crippen LogP contribution in [0.3, 0.4) is 0 Å². The fourth-order valence-electron chi connectivity index (χ4n) is 4.55. The van der Waals surface area contributed by atoms with E-state index in [9.17, 15) is 4.79 Å². The minimum atomic E-state index is -3.25. The Morgan fingerprint density at radius 1 is 0.853 bits per heavy atom. The quantitative estimate of drug-likeness (QED) is 0.441. The summed E-state index contributed by atoms with van der Waals surface area (Å²) < 4.78 is 20.9. The highest BCUT2D eigenvalue weighted by Gasteiger charge is 2.47. The van der Waals surface area contributed by atoms with Crippen LogP contribution in [0, 0.1) is 5.92 Å². The Morgan fingerprint density at radius 2 is 1.41 bits per heavy atom. The lowest BCUT2D eigenvalue weighted by Crippen LogP contribution is -2.43. The molecular weight excluding hydrogens is 441 g/mol. The smallest absolute Gasteiger partial charge is 0.408 e. The Kier molecular flexibility index (Phi) is 6.55. The molecule has 1 heterocycles. The molecule has 0 aromatic heterocycles. The van der Waals surface area contributed by atoms with Crippen LogP contribution in [0.25, 0.3) is 5.57 Å². The number of carbonyl (C=O) groups excluding carboxylic acids is 1. The topological polar surface area (TPSA) is 55.4 Å². The lowest BCUT2D eigenvalue weighted by Gasteiger charge is -2.31. The largest absolute Gasteiger partial charge is 0.444 e. The Bertz CT molecular complexity index is 1260. The van der Waals surface area contributed by atoms with E-state index >= 15 is 4.57 Å². The van der Waals surface area contributed by atoms with Crippen LogP contribution in [0.15, 0.2) is 90.2 Å². The number of hydrogen-bond acceptors (Lipinski definition) is 3. The van der Waals surface area contributed by atoms with Gasteiger partial charge < -0.3 is 14.6 Å². The zero-order valence-electron chi connectivity index (χ0n) is 20.4. The van der Waals surface area contributed by atoms with Crippen molar-refractivity contribution in [3.8, 4) is 0 Å². The summed E-state index contributed by atoms with van der Waals surface area (Å²) in [5.41, 5.74) is 2.23. The minimum Gasteiger partial charge on any atom is -0.444 e. The fourth-order valence-corrected chi connectivity index (χ4v) is 8.09. The van der Waals surface area contributed by atoms with Crippen molar-refractivity contribution in [3.63, 3.8) is 0 Å². The van der Waals surface area contributed by atoms with E-state index in [2.05, 4.69) is 5.32 Å². The van der Waals surface area contributed by atoms with Crippen molar-refractivity contribution in [3.05, 3.63) is 101 Å². The van der Waals surface area contributed by atoms with Crippen LogP contribution < -0.4 is 15.9 Å². The molecule has 1 aliphatic heterocycles. The molecule has 34 heavy (non-hydrogen) atoms. The lowest BCUT2D eigenvalue weighted by atomic mass is 9.93. The van der Waals surface area contributed by atoms with Gasteiger partial charge >= 0.3 is 6.09 Å². The molecule has 1 aliphatic rings. The van der Waals surface area contributed by atoms with Gasteiger partial charge in [0.2, 0.25) is 0 Å². The van der Waals surface area contributed by atoms with Crippen LogP contribution in [-0.2, 0) is 9.30 Å². The number of carbonyl (C=O) groups is 1. The summed E-state index contributed by atoms with van der Waals surface area (Å²) in [6.45, 7) is 9.59. The van der Waals surface area contributed by atoms with Crippen molar-refractivity contribution in [2.45, 2.75) is 46.3 Å². The van der Waals surface area contributed by atoms with Gasteiger partial charge in [-0.2, -0.15) is 0 Å². The summed E-state index contributed by atoms with van der Waals surface area (Å²) in [6, 6.07) is 27.1. The highest BCUT2D eigenvalue weighted by atomic mass is 31.2. The normalized spacial score (nSPS) is 18.5. The highest BCUT2D eigenvalue weighted by Crippen LogP contribution is 2.62. The van der Waals surface area contributed by atoms with E-state index in [4.69, 9.17) is 4.74 Å². The number of nitrogens with one attached hydrogen (secondary N) is 1. The van der Waals surface area contributed by atoms with Crippen LogP contribution in [0.4, 0.5) is 4.79 Å².